The Hall–Kier alpha value is -0.0900. The summed E-state index contributed by atoms with van der Waals surface area (Å²) in [7, 11) is -0.743. The van der Waals surface area contributed by atoms with Gasteiger partial charge in [-0.05, 0) is 37.6 Å². The largest absolute Gasteiger partial charge is 0.316 e. The molecule has 0 aromatic carbocycles. The topological polar surface area (TPSA) is 46.2 Å². The van der Waals surface area contributed by atoms with E-state index in [1.165, 1.54) is 32.1 Å². The highest BCUT2D eigenvalue weighted by Crippen LogP contribution is 2.38. The second kappa shape index (κ2) is 5.91. The minimum atomic E-state index is -2.75. The van der Waals surface area contributed by atoms with E-state index in [0.29, 0.717) is 29.4 Å². The van der Waals surface area contributed by atoms with E-state index < -0.39 is 9.84 Å². The lowest BCUT2D eigenvalue weighted by Crippen LogP contribution is -2.45. The molecule has 1 aliphatic carbocycles. The summed E-state index contributed by atoms with van der Waals surface area (Å²) in [6.07, 6.45) is 7.38. The van der Waals surface area contributed by atoms with E-state index in [-0.39, 0.29) is 0 Å². The maximum Gasteiger partial charge on any atom is 0.150 e. The fraction of sp³-hybridized carbons (Fsp3) is 1.00. The van der Waals surface area contributed by atoms with Crippen LogP contribution < -0.4 is 5.32 Å². The van der Waals surface area contributed by atoms with Crippen molar-refractivity contribution < 1.29 is 8.42 Å². The van der Waals surface area contributed by atoms with Crippen molar-refractivity contribution in [3.8, 4) is 0 Å². The van der Waals surface area contributed by atoms with Crippen LogP contribution in [0.2, 0.25) is 0 Å². The molecule has 1 saturated carbocycles. The Kier molecular flexibility index (Phi) is 4.70. The molecule has 18 heavy (non-hydrogen) atoms. The molecule has 4 unspecified atom stereocenters. The Morgan fingerprint density at radius 2 is 1.94 bits per heavy atom. The quantitative estimate of drug-likeness (QED) is 0.854. The normalized spacial score (nSPS) is 37.6. The first-order chi connectivity index (χ1) is 8.57. The minimum Gasteiger partial charge on any atom is -0.316 e. The number of rotatable bonds is 4. The van der Waals surface area contributed by atoms with Crippen molar-refractivity contribution in [2.45, 2.75) is 51.5 Å². The van der Waals surface area contributed by atoms with E-state index >= 15 is 0 Å². The third-order valence-corrected chi connectivity index (χ3v) is 6.86. The molecule has 0 aromatic heterocycles. The van der Waals surface area contributed by atoms with Gasteiger partial charge in [0.25, 0.3) is 0 Å². The van der Waals surface area contributed by atoms with E-state index in [1.54, 1.807) is 0 Å². The van der Waals surface area contributed by atoms with E-state index in [0.717, 1.165) is 12.3 Å². The lowest BCUT2D eigenvalue weighted by atomic mass is 9.71. The first-order valence-electron chi connectivity index (χ1n) is 7.45. The highest BCUT2D eigenvalue weighted by atomic mass is 32.2. The molecule has 4 heteroatoms. The van der Waals surface area contributed by atoms with Crippen LogP contribution in [-0.4, -0.2) is 33.0 Å². The molecule has 106 valence electrons. The van der Waals surface area contributed by atoms with Gasteiger partial charge in [-0.3, -0.25) is 0 Å². The van der Waals surface area contributed by atoms with Crippen molar-refractivity contribution in [1.29, 1.82) is 0 Å². The van der Waals surface area contributed by atoms with Gasteiger partial charge in [-0.2, -0.15) is 0 Å². The second-order valence-corrected chi connectivity index (χ2v) is 8.32. The first kappa shape index (κ1) is 14.3. The van der Waals surface area contributed by atoms with Crippen LogP contribution >= 0.6 is 0 Å². The van der Waals surface area contributed by atoms with Gasteiger partial charge in [0.1, 0.15) is 0 Å². The minimum absolute atomic E-state index is 0.345. The predicted octanol–water partition coefficient (Wildman–Crippen LogP) is 2.23. The molecule has 0 bridgehead atoms. The van der Waals surface area contributed by atoms with Crippen molar-refractivity contribution in [1.82, 2.24) is 5.32 Å². The molecule has 1 heterocycles. The van der Waals surface area contributed by atoms with Gasteiger partial charge in [0.15, 0.2) is 9.84 Å². The van der Waals surface area contributed by atoms with Gasteiger partial charge in [0, 0.05) is 6.04 Å². The van der Waals surface area contributed by atoms with E-state index in [9.17, 15) is 8.42 Å². The summed E-state index contributed by atoms with van der Waals surface area (Å²) < 4.78 is 23.3. The highest BCUT2D eigenvalue weighted by molar-refractivity contribution is 7.91. The molecular weight excluding hydrogens is 246 g/mol. The van der Waals surface area contributed by atoms with Crippen LogP contribution in [0.25, 0.3) is 0 Å². The lowest BCUT2D eigenvalue weighted by molar-refractivity contribution is 0.149. The molecule has 1 saturated heterocycles. The van der Waals surface area contributed by atoms with Gasteiger partial charge in [0.2, 0.25) is 0 Å². The molecule has 1 N–H and O–H groups in total. The van der Waals surface area contributed by atoms with Crippen molar-refractivity contribution >= 4 is 9.84 Å². The fourth-order valence-electron chi connectivity index (χ4n) is 4.12. The summed E-state index contributed by atoms with van der Waals surface area (Å²) >= 11 is 0. The van der Waals surface area contributed by atoms with Crippen molar-refractivity contribution in [3.63, 3.8) is 0 Å². The molecule has 0 aromatic rings. The average molecular weight is 273 g/mol. The third-order valence-electron chi connectivity index (χ3n) is 5.06. The Bertz CT molecular complexity index is 366. The lowest BCUT2D eigenvalue weighted by Gasteiger charge is -2.39. The summed E-state index contributed by atoms with van der Waals surface area (Å²) in [6, 6.07) is 0.410. The Morgan fingerprint density at radius 3 is 2.50 bits per heavy atom. The van der Waals surface area contributed by atoms with Crippen LogP contribution in [-0.2, 0) is 9.84 Å². The zero-order valence-electron chi connectivity index (χ0n) is 11.7. The Balaban J connectivity index is 2.07. The van der Waals surface area contributed by atoms with Gasteiger partial charge in [-0.25, -0.2) is 8.42 Å². The molecule has 0 spiro atoms. The van der Waals surface area contributed by atoms with E-state index in [1.807, 2.05) is 7.05 Å². The standard InChI is InChI=1S/C14H27NO2S/c1-3-11-6-4-5-7-13(11)14(15-2)12-8-9-18(16,17)10-12/h11-15H,3-10H2,1-2H3. The van der Waals surface area contributed by atoms with Crippen LogP contribution in [0.5, 0.6) is 0 Å². The van der Waals surface area contributed by atoms with Crippen molar-refractivity contribution in [2.24, 2.45) is 17.8 Å². The fourth-order valence-corrected chi connectivity index (χ4v) is 5.98. The van der Waals surface area contributed by atoms with Gasteiger partial charge in [0.05, 0.1) is 11.5 Å². The van der Waals surface area contributed by atoms with Gasteiger partial charge >= 0.3 is 0 Å². The summed E-state index contributed by atoms with van der Waals surface area (Å²) in [4.78, 5) is 0. The van der Waals surface area contributed by atoms with Crippen molar-refractivity contribution in [2.75, 3.05) is 18.6 Å². The van der Waals surface area contributed by atoms with E-state index in [4.69, 9.17) is 0 Å². The molecule has 2 fully saturated rings. The summed E-state index contributed by atoms with van der Waals surface area (Å²) in [5.74, 6) is 2.63. The molecule has 1 aliphatic heterocycles. The summed E-state index contributed by atoms with van der Waals surface area (Å²) in [5, 5.41) is 3.45. The molecule has 2 rings (SSSR count). The number of nitrogens with one attached hydrogen (secondary N) is 1. The molecule has 4 atom stereocenters. The zero-order chi connectivity index (χ0) is 13.2. The summed E-state index contributed by atoms with van der Waals surface area (Å²) in [5.41, 5.74) is 0. The highest BCUT2D eigenvalue weighted by Gasteiger charge is 2.39. The maximum atomic E-state index is 11.7. The van der Waals surface area contributed by atoms with Crippen LogP contribution in [0.3, 0.4) is 0 Å². The molecule has 0 radical (unpaired) electrons. The Labute approximate surface area is 112 Å². The molecule has 0 amide bonds. The van der Waals surface area contributed by atoms with Crippen LogP contribution in [0.1, 0.15) is 45.4 Å². The van der Waals surface area contributed by atoms with Gasteiger partial charge < -0.3 is 5.32 Å². The van der Waals surface area contributed by atoms with Crippen molar-refractivity contribution in [3.05, 3.63) is 0 Å². The average Bonchev–Trinajstić information content (AvgIpc) is 2.71. The second-order valence-electron chi connectivity index (χ2n) is 6.09. The maximum absolute atomic E-state index is 11.7. The number of sulfone groups is 1. The SMILES string of the molecule is CCC1CCCCC1C(NC)C1CCS(=O)(=O)C1. The predicted molar refractivity (Wildman–Crippen MR) is 75.3 cm³/mol. The van der Waals surface area contributed by atoms with Crippen LogP contribution in [0.15, 0.2) is 0 Å². The van der Waals surface area contributed by atoms with E-state index in [2.05, 4.69) is 12.2 Å². The number of hydrogen-bond acceptors (Lipinski definition) is 3. The van der Waals surface area contributed by atoms with Crippen LogP contribution in [0, 0.1) is 17.8 Å². The first-order valence-corrected chi connectivity index (χ1v) is 9.27. The summed E-state index contributed by atoms with van der Waals surface area (Å²) in [6.45, 7) is 2.28. The zero-order valence-corrected chi connectivity index (χ0v) is 12.5. The monoisotopic (exact) mass is 273 g/mol. The molecule has 3 nitrogen and oxygen atoms in total. The van der Waals surface area contributed by atoms with Gasteiger partial charge in [-0.15, -0.1) is 0 Å². The smallest absolute Gasteiger partial charge is 0.150 e. The van der Waals surface area contributed by atoms with Crippen LogP contribution in [0.4, 0.5) is 0 Å². The molecule has 2 aliphatic rings. The Morgan fingerprint density at radius 1 is 1.22 bits per heavy atom. The molecular formula is C14H27NO2S. The number of hydrogen-bond donors (Lipinski definition) is 1. The third kappa shape index (κ3) is 3.08. The van der Waals surface area contributed by atoms with Gasteiger partial charge in [-0.1, -0.05) is 32.6 Å².